The summed E-state index contributed by atoms with van der Waals surface area (Å²) in [6.07, 6.45) is 6.91. The van der Waals surface area contributed by atoms with Gasteiger partial charge in [0.25, 0.3) is 0 Å². The van der Waals surface area contributed by atoms with Crippen LogP contribution in [-0.4, -0.2) is 29.2 Å². The summed E-state index contributed by atoms with van der Waals surface area (Å²) in [6, 6.07) is 0.150. The molecule has 0 aliphatic carbocycles. The molecule has 1 aliphatic rings. The molecule has 2 atom stereocenters. The number of amides is 1. The predicted molar refractivity (Wildman–Crippen MR) is 73.3 cm³/mol. The highest BCUT2D eigenvalue weighted by molar-refractivity contribution is 5.81. The maximum atomic E-state index is 12.4. The number of carbonyl (C=O) groups is 2. The van der Waals surface area contributed by atoms with Gasteiger partial charge in [-0.05, 0) is 26.2 Å². The molecule has 1 rings (SSSR count). The second kappa shape index (κ2) is 7.55. The molecule has 0 spiro atoms. The van der Waals surface area contributed by atoms with Gasteiger partial charge in [-0.2, -0.15) is 0 Å². The smallest absolute Gasteiger partial charge is 0.225 e. The number of Topliss-reactive ketones (excluding diaryl/α,β-unsaturated/α-hetero) is 1. The number of hydrogen-bond donors (Lipinski definition) is 0. The fourth-order valence-electron chi connectivity index (χ4n) is 2.85. The van der Waals surface area contributed by atoms with Gasteiger partial charge in [-0.25, -0.2) is 0 Å². The van der Waals surface area contributed by atoms with Gasteiger partial charge in [-0.15, -0.1) is 0 Å². The average Bonchev–Trinajstić information content (AvgIpc) is 2.53. The molecule has 1 aliphatic heterocycles. The summed E-state index contributed by atoms with van der Waals surface area (Å²) in [5, 5.41) is 0. The zero-order chi connectivity index (χ0) is 13.5. The van der Waals surface area contributed by atoms with Crippen molar-refractivity contribution in [2.45, 2.75) is 71.8 Å². The third-order valence-electron chi connectivity index (χ3n) is 3.83. The molecule has 1 amide bonds. The molecule has 0 aromatic rings. The van der Waals surface area contributed by atoms with E-state index in [1.54, 1.807) is 6.92 Å². The van der Waals surface area contributed by atoms with Crippen LogP contribution in [0.1, 0.15) is 65.7 Å². The van der Waals surface area contributed by atoms with Gasteiger partial charge in [-0.3, -0.25) is 9.59 Å². The maximum Gasteiger partial charge on any atom is 0.225 e. The molecule has 1 fully saturated rings. The number of ketones is 1. The Morgan fingerprint density at radius 1 is 1.28 bits per heavy atom. The number of hydrogen-bond acceptors (Lipinski definition) is 2. The minimum Gasteiger partial charge on any atom is -0.339 e. The topological polar surface area (TPSA) is 37.4 Å². The molecular weight excluding hydrogens is 226 g/mol. The van der Waals surface area contributed by atoms with E-state index in [-0.39, 0.29) is 23.7 Å². The van der Waals surface area contributed by atoms with Crippen LogP contribution < -0.4 is 0 Å². The number of carbonyl (C=O) groups excluding carboxylic acids is 2. The third-order valence-corrected chi connectivity index (χ3v) is 3.83. The number of nitrogens with zero attached hydrogens (tertiary/aromatic N) is 1. The van der Waals surface area contributed by atoms with Crippen LogP contribution in [0.3, 0.4) is 0 Å². The zero-order valence-electron chi connectivity index (χ0n) is 12.1. The van der Waals surface area contributed by atoms with Crippen LogP contribution in [0, 0.1) is 5.92 Å². The van der Waals surface area contributed by atoms with E-state index >= 15 is 0 Å². The molecule has 0 N–H and O–H groups in total. The van der Waals surface area contributed by atoms with Gasteiger partial charge in [0, 0.05) is 24.9 Å². The fraction of sp³-hybridized carbons (Fsp3) is 0.867. The quantitative estimate of drug-likeness (QED) is 0.754. The van der Waals surface area contributed by atoms with E-state index in [0.717, 1.165) is 38.6 Å². The molecule has 3 nitrogen and oxygen atoms in total. The van der Waals surface area contributed by atoms with E-state index in [9.17, 15) is 9.59 Å². The van der Waals surface area contributed by atoms with Gasteiger partial charge in [-0.1, -0.05) is 33.1 Å². The van der Waals surface area contributed by atoms with Crippen LogP contribution in [0.25, 0.3) is 0 Å². The molecule has 1 saturated heterocycles. The zero-order valence-corrected chi connectivity index (χ0v) is 12.1. The maximum absolute atomic E-state index is 12.4. The Labute approximate surface area is 111 Å². The van der Waals surface area contributed by atoms with Crippen molar-refractivity contribution in [3.63, 3.8) is 0 Å². The lowest BCUT2D eigenvalue weighted by Crippen LogP contribution is -2.43. The lowest BCUT2D eigenvalue weighted by Gasteiger charge is -2.31. The predicted octanol–water partition coefficient (Wildman–Crippen LogP) is 3.17. The van der Waals surface area contributed by atoms with E-state index in [2.05, 4.69) is 6.92 Å². The van der Waals surface area contributed by atoms with Crippen LogP contribution in [0.5, 0.6) is 0 Å². The highest BCUT2D eigenvalue weighted by atomic mass is 16.2. The summed E-state index contributed by atoms with van der Waals surface area (Å²) in [4.78, 5) is 25.8. The first-order chi connectivity index (χ1) is 8.56. The second-order valence-corrected chi connectivity index (χ2v) is 5.63. The Balaban J connectivity index is 2.71. The van der Waals surface area contributed by atoms with Crippen LogP contribution in [0.15, 0.2) is 0 Å². The van der Waals surface area contributed by atoms with E-state index in [0.29, 0.717) is 6.42 Å². The largest absolute Gasteiger partial charge is 0.339 e. The lowest BCUT2D eigenvalue weighted by molar-refractivity contribution is -0.138. The molecule has 0 aromatic carbocycles. The Bertz CT molecular complexity index is 288. The Morgan fingerprint density at radius 2 is 2.00 bits per heavy atom. The van der Waals surface area contributed by atoms with Crippen LogP contribution in [-0.2, 0) is 9.59 Å². The molecular formula is C15H27NO2. The van der Waals surface area contributed by atoms with Crippen molar-refractivity contribution in [1.29, 1.82) is 0 Å². The van der Waals surface area contributed by atoms with Crippen molar-refractivity contribution in [3.8, 4) is 0 Å². The summed E-state index contributed by atoms with van der Waals surface area (Å²) in [5.74, 6) is 0.551. The first-order valence-electron chi connectivity index (χ1n) is 7.36. The Kier molecular flexibility index (Phi) is 6.37. The second-order valence-electron chi connectivity index (χ2n) is 5.63. The van der Waals surface area contributed by atoms with Gasteiger partial charge >= 0.3 is 0 Å². The van der Waals surface area contributed by atoms with Gasteiger partial charge in [0.15, 0.2) is 0 Å². The first kappa shape index (κ1) is 15.2. The molecule has 0 radical (unpaired) electrons. The lowest BCUT2D eigenvalue weighted by atomic mass is 10.00. The van der Waals surface area contributed by atoms with Crippen molar-refractivity contribution in [3.05, 3.63) is 0 Å². The molecule has 104 valence electrons. The van der Waals surface area contributed by atoms with Crippen LogP contribution >= 0.6 is 0 Å². The van der Waals surface area contributed by atoms with E-state index in [1.807, 2.05) is 11.8 Å². The Morgan fingerprint density at radius 3 is 2.61 bits per heavy atom. The third kappa shape index (κ3) is 4.43. The normalized spacial score (nSPS) is 22.4. The van der Waals surface area contributed by atoms with E-state index < -0.39 is 0 Å². The van der Waals surface area contributed by atoms with Crippen molar-refractivity contribution in [2.24, 2.45) is 5.92 Å². The number of likely N-dealkylation sites (tertiary alicyclic amines) is 1. The van der Waals surface area contributed by atoms with Gasteiger partial charge in [0.1, 0.15) is 5.78 Å². The monoisotopic (exact) mass is 253 g/mol. The SMILES string of the molecule is CCCC(C)C(=O)N1CCCCCC1CC(C)=O. The average molecular weight is 253 g/mol. The summed E-state index contributed by atoms with van der Waals surface area (Å²) >= 11 is 0. The summed E-state index contributed by atoms with van der Waals surface area (Å²) in [7, 11) is 0. The van der Waals surface area contributed by atoms with Crippen molar-refractivity contribution in [1.82, 2.24) is 4.90 Å². The van der Waals surface area contributed by atoms with Crippen molar-refractivity contribution in [2.75, 3.05) is 6.54 Å². The van der Waals surface area contributed by atoms with Crippen LogP contribution in [0.4, 0.5) is 0 Å². The molecule has 3 heteroatoms. The van der Waals surface area contributed by atoms with Gasteiger partial charge < -0.3 is 4.90 Å². The summed E-state index contributed by atoms with van der Waals surface area (Å²) < 4.78 is 0. The minimum atomic E-state index is 0.0996. The molecule has 2 unspecified atom stereocenters. The van der Waals surface area contributed by atoms with Crippen LogP contribution in [0.2, 0.25) is 0 Å². The van der Waals surface area contributed by atoms with Crippen molar-refractivity contribution >= 4 is 11.7 Å². The molecule has 0 aromatic heterocycles. The first-order valence-corrected chi connectivity index (χ1v) is 7.36. The standard InChI is InChI=1S/C15H27NO2/c1-4-8-12(2)15(18)16-10-7-5-6-9-14(16)11-13(3)17/h12,14H,4-11H2,1-3H3. The van der Waals surface area contributed by atoms with Gasteiger partial charge in [0.2, 0.25) is 5.91 Å². The van der Waals surface area contributed by atoms with Gasteiger partial charge in [0.05, 0.1) is 0 Å². The van der Waals surface area contributed by atoms with E-state index in [4.69, 9.17) is 0 Å². The number of rotatable bonds is 5. The minimum absolute atomic E-state index is 0.0996. The summed E-state index contributed by atoms with van der Waals surface area (Å²) in [5.41, 5.74) is 0. The Hall–Kier alpha value is -0.860. The molecule has 1 heterocycles. The van der Waals surface area contributed by atoms with E-state index in [1.165, 1.54) is 6.42 Å². The highest BCUT2D eigenvalue weighted by Gasteiger charge is 2.28. The molecule has 18 heavy (non-hydrogen) atoms. The highest BCUT2D eigenvalue weighted by Crippen LogP contribution is 2.22. The van der Waals surface area contributed by atoms with Crippen molar-refractivity contribution < 1.29 is 9.59 Å². The fourth-order valence-corrected chi connectivity index (χ4v) is 2.85. The summed E-state index contributed by atoms with van der Waals surface area (Å²) in [6.45, 7) is 6.59. The molecule has 0 saturated carbocycles. The molecule has 0 bridgehead atoms.